The summed E-state index contributed by atoms with van der Waals surface area (Å²) in [7, 11) is 1.56. The van der Waals surface area contributed by atoms with Crippen LogP contribution in [0.2, 0.25) is 0 Å². The fraction of sp³-hybridized carbons (Fsp3) is 0.269. The quantitative estimate of drug-likeness (QED) is 0.349. The van der Waals surface area contributed by atoms with E-state index in [0.29, 0.717) is 60.7 Å². The Morgan fingerprint density at radius 2 is 1.94 bits per heavy atom. The van der Waals surface area contributed by atoms with E-state index in [9.17, 15) is 18.0 Å². The minimum Gasteiger partial charge on any atom is -0.497 e. The number of rotatable bonds is 4. The van der Waals surface area contributed by atoms with Crippen molar-refractivity contribution in [3.05, 3.63) is 70.7 Å². The molecule has 1 aliphatic heterocycles. The Kier molecular flexibility index (Phi) is 6.53. The number of thiophene rings is 1. The minimum absolute atomic E-state index is 0.0853. The molecule has 10 heteroatoms. The van der Waals surface area contributed by atoms with Crippen LogP contribution in [0.3, 0.4) is 0 Å². The third kappa shape index (κ3) is 4.73. The number of fused-ring (bicyclic) bond motifs is 1. The zero-order valence-corrected chi connectivity index (χ0v) is 20.3. The van der Waals surface area contributed by atoms with Crippen molar-refractivity contribution in [2.45, 2.75) is 12.6 Å². The lowest BCUT2D eigenvalue weighted by Crippen LogP contribution is -2.35. The number of hydrogen-bond acceptors (Lipinski definition) is 6. The van der Waals surface area contributed by atoms with Gasteiger partial charge in [-0.25, -0.2) is 9.97 Å². The second-order valence-electron chi connectivity index (χ2n) is 8.46. The minimum atomic E-state index is -4.55. The number of nitrogens with zero attached hydrogens (tertiary/aromatic N) is 4. The van der Waals surface area contributed by atoms with Crippen molar-refractivity contribution in [2.75, 3.05) is 38.2 Å². The molecule has 0 atom stereocenters. The summed E-state index contributed by atoms with van der Waals surface area (Å²) in [5, 5.41) is 4.29. The summed E-state index contributed by atoms with van der Waals surface area (Å²) < 4.78 is 45.7. The van der Waals surface area contributed by atoms with Gasteiger partial charge < -0.3 is 14.5 Å². The Morgan fingerprint density at radius 3 is 2.69 bits per heavy atom. The standard InChI is InChI=1S/C26H23F3N4O2S/c1-35-19-5-2-4-17(14-19)25(34)33-10-3-9-32(11-12-33)24-20-6-7-22(26(27,28)29)31-23(20)21(15-30-24)18-8-13-36-16-18/h2,4-8,13-16H,3,9-12H2,1H3. The van der Waals surface area contributed by atoms with Crippen molar-refractivity contribution in [1.82, 2.24) is 14.9 Å². The number of alkyl halides is 3. The number of carbonyl (C=O) groups is 1. The number of halogens is 3. The lowest BCUT2D eigenvalue weighted by atomic mass is 10.1. The van der Waals surface area contributed by atoms with E-state index in [1.165, 1.54) is 17.4 Å². The molecule has 36 heavy (non-hydrogen) atoms. The van der Waals surface area contributed by atoms with E-state index >= 15 is 0 Å². The second kappa shape index (κ2) is 9.77. The number of aromatic nitrogens is 2. The van der Waals surface area contributed by atoms with Gasteiger partial charge >= 0.3 is 6.18 Å². The Balaban J connectivity index is 1.46. The molecule has 0 aliphatic carbocycles. The molecule has 0 spiro atoms. The van der Waals surface area contributed by atoms with Crippen LogP contribution in [-0.2, 0) is 6.18 Å². The Hall–Kier alpha value is -3.66. The monoisotopic (exact) mass is 512 g/mol. The van der Waals surface area contributed by atoms with Crippen LogP contribution in [0.15, 0.2) is 59.4 Å². The van der Waals surface area contributed by atoms with Gasteiger partial charge in [-0.3, -0.25) is 4.79 Å². The highest BCUT2D eigenvalue weighted by atomic mass is 32.1. The fourth-order valence-corrected chi connectivity index (χ4v) is 5.07. The molecular formula is C26H23F3N4O2S. The van der Waals surface area contributed by atoms with Crippen molar-refractivity contribution in [3.63, 3.8) is 0 Å². The van der Waals surface area contributed by atoms with Crippen molar-refractivity contribution in [2.24, 2.45) is 0 Å². The maximum Gasteiger partial charge on any atom is 0.433 e. The van der Waals surface area contributed by atoms with Gasteiger partial charge in [0.05, 0.1) is 12.6 Å². The lowest BCUT2D eigenvalue weighted by Gasteiger charge is -2.24. The molecule has 1 amide bonds. The summed E-state index contributed by atoms with van der Waals surface area (Å²) >= 11 is 1.46. The van der Waals surface area contributed by atoms with Crippen LogP contribution in [0, 0.1) is 0 Å². The third-order valence-corrected chi connectivity index (χ3v) is 6.91. The maximum atomic E-state index is 13.5. The zero-order valence-electron chi connectivity index (χ0n) is 19.5. The molecule has 1 fully saturated rings. The molecule has 6 nitrogen and oxygen atoms in total. The number of carbonyl (C=O) groups excluding carboxylic acids is 1. The molecule has 0 saturated carbocycles. The molecule has 0 unspecified atom stereocenters. The van der Waals surface area contributed by atoms with Gasteiger partial charge in [-0.05, 0) is 59.1 Å². The van der Waals surface area contributed by atoms with Crippen LogP contribution in [-0.4, -0.2) is 54.1 Å². The highest BCUT2D eigenvalue weighted by Crippen LogP contribution is 2.36. The summed E-state index contributed by atoms with van der Waals surface area (Å²) in [6.07, 6.45) is -2.26. The van der Waals surface area contributed by atoms with Crippen molar-refractivity contribution in [3.8, 4) is 16.9 Å². The first-order valence-corrected chi connectivity index (χ1v) is 12.4. The van der Waals surface area contributed by atoms with Gasteiger partial charge in [0, 0.05) is 48.9 Å². The smallest absolute Gasteiger partial charge is 0.433 e. The van der Waals surface area contributed by atoms with Gasteiger partial charge in [0.1, 0.15) is 17.3 Å². The number of methoxy groups -OCH3 is 1. The SMILES string of the molecule is COc1cccc(C(=O)N2CCCN(c3ncc(-c4ccsc4)c4nc(C(F)(F)F)ccc34)CC2)c1. The molecular weight excluding hydrogens is 489 g/mol. The summed E-state index contributed by atoms with van der Waals surface area (Å²) in [6, 6.07) is 11.3. The third-order valence-electron chi connectivity index (χ3n) is 6.23. The summed E-state index contributed by atoms with van der Waals surface area (Å²) in [5.41, 5.74) is 1.22. The van der Waals surface area contributed by atoms with Gasteiger partial charge in [0.2, 0.25) is 0 Å². The lowest BCUT2D eigenvalue weighted by molar-refractivity contribution is -0.140. The van der Waals surface area contributed by atoms with E-state index in [2.05, 4.69) is 9.97 Å². The molecule has 0 N–H and O–H groups in total. The molecule has 5 rings (SSSR count). The Morgan fingerprint density at radius 1 is 1.08 bits per heavy atom. The Labute approximate surface area is 210 Å². The van der Waals surface area contributed by atoms with E-state index < -0.39 is 11.9 Å². The second-order valence-corrected chi connectivity index (χ2v) is 9.24. The highest BCUT2D eigenvalue weighted by molar-refractivity contribution is 7.08. The van der Waals surface area contributed by atoms with Crippen LogP contribution in [0.5, 0.6) is 5.75 Å². The van der Waals surface area contributed by atoms with E-state index in [4.69, 9.17) is 4.74 Å². The predicted octanol–water partition coefficient (Wildman–Crippen LogP) is 5.74. The zero-order chi connectivity index (χ0) is 25.3. The number of pyridine rings is 2. The molecule has 1 saturated heterocycles. The number of hydrogen-bond donors (Lipinski definition) is 0. The van der Waals surface area contributed by atoms with Gasteiger partial charge in [-0.1, -0.05) is 6.07 Å². The average Bonchev–Trinajstić information content (AvgIpc) is 3.31. The maximum absolute atomic E-state index is 13.5. The fourth-order valence-electron chi connectivity index (χ4n) is 4.41. The van der Waals surface area contributed by atoms with Crippen LogP contribution >= 0.6 is 11.3 Å². The van der Waals surface area contributed by atoms with Crippen LogP contribution < -0.4 is 9.64 Å². The molecule has 4 aromatic rings. The highest BCUT2D eigenvalue weighted by Gasteiger charge is 2.33. The molecule has 0 bridgehead atoms. The van der Waals surface area contributed by atoms with Crippen molar-refractivity contribution < 1.29 is 22.7 Å². The summed E-state index contributed by atoms with van der Waals surface area (Å²) in [6.45, 7) is 2.13. The number of ether oxygens (including phenoxy) is 1. The first-order chi connectivity index (χ1) is 17.3. The molecule has 0 radical (unpaired) electrons. The average molecular weight is 513 g/mol. The van der Waals surface area contributed by atoms with Gasteiger partial charge in [0.15, 0.2) is 0 Å². The largest absolute Gasteiger partial charge is 0.497 e. The van der Waals surface area contributed by atoms with Crippen molar-refractivity contribution in [1.29, 1.82) is 0 Å². The van der Waals surface area contributed by atoms with E-state index in [1.54, 1.807) is 42.5 Å². The van der Waals surface area contributed by atoms with Crippen LogP contribution in [0.25, 0.3) is 22.0 Å². The molecule has 186 valence electrons. The molecule has 3 aromatic heterocycles. The Bertz CT molecular complexity index is 1390. The first-order valence-electron chi connectivity index (χ1n) is 11.4. The normalized spacial score (nSPS) is 14.7. The van der Waals surface area contributed by atoms with Gasteiger partial charge in [0.25, 0.3) is 5.91 Å². The number of amides is 1. The van der Waals surface area contributed by atoms with Crippen LogP contribution in [0.1, 0.15) is 22.5 Å². The van der Waals surface area contributed by atoms with Crippen molar-refractivity contribution >= 4 is 34.0 Å². The van der Waals surface area contributed by atoms with E-state index in [-0.39, 0.29) is 11.4 Å². The van der Waals surface area contributed by atoms with Gasteiger partial charge in [-0.2, -0.15) is 24.5 Å². The van der Waals surface area contributed by atoms with E-state index in [0.717, 1.165) is 11.6 Å². The summed E-state index contributed by atoms with van der Waals surface area (Å²) in [5.74, 6) is 1.10. The van der Waals surface area contributed by atoms with E-state index in [1.807, 2.05) is 21.7 Å². The molecule has 1 aromatic carbocycles. The summed E-state index contributed by atoms with van der Waals surface area (Å²) in [4.78, 5) is 25.6. The number of benzene rings is 1. The molecule has 4 heterocycles. The van der Waals surface area contributed by atoms with Crippen LogP contribution in [0.4, 0.5) is 19.0 Å². The predicted molar refractivity (Wildman–Crippen MR) is 134 cm³/mol. The topological polar surface area (TPSA) is 58.6 Å². The molecule has 1 aliphatic rings. The number of anilines is 1. The van der Waals surface area contributed by atoms with Gasteiger partial charge in [-0.15, -0.1) is 0 Å². The first kappa shape index (κ1) is 24.1.